The monoisotopic (exact) mass is 434 g/mol. The molecule has 0 bridgehead atoms. The molecular formula is C15H13BrFIO. The Morgan fingerprint density at radius 3 is 2.68 bits per heavy atom. The molecule has 2 rings (SSSR count). The van der Waals surface area contributed by atoms with Crippen LogP contribution in [0.1, 0.15) is 22.8 Å². The topological polar surface area (TPSA) is 20.2 Å². The molecule has 100 valence electrons. The molecule has 1 N–H and O–H groups in total. The predicted molar refractivity (Wildman–Crippen MR) is 86.7 cm³/mol. The molecule has 1 atom stereocenters. The van der Waals surface area contributed by atoms with Crippen molar-refractivity contribution >= 4 is 38.5 Å². The van der Waals surface area contributed by atoms with E-state index < -0.39 is 6.10 Å². The first-order chi connectivity index (χ1) is 8.97. The van der Waals surface area contributed by atoms with E-state index in [0.717, 1.165) is 24.7 Å². The van der Waals surface area contributed by atoms with E-state index in [1.54, 1.807) is 6.07 Å². The van der Waals surface area contributed by atoms with Crippen LogP contribution in [0.3, 0.4) is 0 Å². The maximum atomic E-state index is 13.1. The van der Waals surface area contributed by atoms with Gasteiger partial charge in [-0.1, -0.05) is 22.0 Å². The van der Waals surface area contributed by atoms with E-state index in [1.165, 1.54) is 12.1 Å². The van der Waals surface area contributed by atoms with Crippen LogP contribution in [0.2, 0.25) is 0 Å². The van der Waals surface area contributed by atoms with Crippen molar-refractivity contribution in [2.24, 2.45) is 0 Å². The maximum absolute atomic E-state index is 13.1. The molecule has 0 aliphatic heterocycles. The Labute approximate surface area is 134 Å². The van der Waals surface area contributed by atoms with Crippen LogP contribution in [-0.4, -0.2) is 5.11 Å². The van der Waals surface area contributed by atoms with Gasteiger partial charge < -0.3 is 5.11 Å². The molecule has 0 aliphatic rings. The Balaban J connectivity index is 2.25. The lowest BCUT2D eigenvalue weighted by Crippen LogP contribution is -2.04. The Bertz CT molecular complexity index is 601. The summed E-state index contributed by atoms with van der Waals surface area (Å²) in [7, 11) is 0. The van der Waals surface area contributed by atoms with Gasteiger partial charge in [0.2, 0.25) is 0 Å². The third kappa shape index (κ3) is 3.77. The number of aryl methyl sites for hydroxylation is 1. The van der Waals surface area contributed by atoms with Crippen LogP contribution >= 0.6 is 38.5 Å². The van der Waals surface area contributed by atoms with Gasteiger partial charge in [-0.3, -0.25) is 0 Å². The first-order valence-corrected chi connectivity index (χ1v) is 7.72. The minimum atomic E-state index is -0.603. The van der Waals surface area contributed by atoms with Crippen LogP contribution in [0.4, 0.5) is 4.39 Å². The van der Waals surface area contributed by atoms with Crippen molar-refractivity contribution < 1.29 is 9.50 Å². The summed E-state index contributed by atoms with van der Waals surface area (Å²) in [5.74, 6) is -0.244. The summed E-state index contributed by atoms with van der Waals surface area (Å²) in [6.07, 6.45) is -0.126. The van der Waals surface area contributed by atoms with E-state index in [1.807, 2.05) is 25.1 Å². The van der Waals surface area contributed by atoms with Gasteiger partial charge in [0.15, 0.2) is 0 Å². The first-order valence-electron chi connectivity index (χ1n) is 5.85. The lowest BCUT2D eigenvalue weighted by atomic mass is 9.98. The summed E-state index contributed by atoms with van der Waals surface area (Å²) in [6.45, 7) is 1.86. The first kappa shape index (κ1) is 14.9. The molecule has 0 spiro atoms. The summed E-state index contributed by atoms with van der Waals surface area (Å²) in [5, 5.41) is 10.3. The minimum Gasteiger partial charge on any atom is -0.388 e. The highest BCUT2D eigenvalue weighted by Crippen LogP contribution is 2.28. The highest BCUT2D eigenvalue weighted by Gasteiger charge is 2.14. The molecule has 0 amide bonds. The molecule has 1 unspecified atom stereocenters. The second kappa shape index (κ2) is 6.33. The second-order valence-electron chi connectivity index (χ2n) is 4.46. The Morgan fingerprint density at radius 1 is 1.26 bits per heavy atom. The molecule has 2 aromatic carbocycles. The smallest absolute Gasteiger partial charge is 0.123 e. The maximum Gasteiger partial charge on any atom is 0.123 e. The van der Waals surface area contributed by atoms with Crippen molar-refractivity contribution in [3.05, 3.63) is 66.9 Å². The number of aliphatic hydroxyl groups excluding tert-OH is 1. The summed E-state index contributed by atoms with van der Waals surface area (Å²) < 4.78 is 15.0. The zero-order chi connectivity index (χ0) is 14.0. The van der Waals surface area contributed by atoms with E-state index in [0.29, 0.717) is 6.42 Å². The molecule has 0 saturated heterocycles. The molecule has 0 aliphatic carbocycles. The van der Waals surface area contributed by atoms with Gasteiger partial charge in [-0.2, -0.15) is 0 Å². The van der Waals surface area contributed by atoms with Crippen molar-refractivity contribution in [2.75, 3.05) is 0 Å². The van der Waals surface area contributed by atoms with Crippen molar-refractivity contribution in [3.63, 3.8) is 0 Å². The van der Waals surface area contributed by atoms with E-state index in [4.69, 9.17) is 0 Å². The van der Waals surface area contributed by atoms with Gasteiger partial charge in [0.05, 0.1) is 6.10 Å². The van der Waals surface area contributed by atoms with Crippen molar-refractivity contribution in [3.8, 4) is 0 Å². The normalized spacial score (nSPS) is 12.5. The van der Waals surface area contributed by atoms with Crippen molar-refractivity contribution in [2.45, 2.75) is 19.4 Å². The number of halogens is 3. The van der Waals surface area contributed by atoms with Crippen LogP contribution in [0.5, 0.6) is 0 Å². The van der Waals surface area contributed by atoms with Crippen molar-refractivity contribution in [1.82, 2.24) is 0 Å². The van der Waals surface area contributed by atoms with Gasteiger partial charge in [0, 0.05) is 14.5 Å². The standard InChI is InChI=1S/C15H13BrFIO/c1-9-6-11(17)3-2-10(9)7-15(19)13-8-12(18)4-5-14(13)16/h2-6,8,15,19H,7H2,1H3. The average molecular weight is 435 g/mol. The largest absolute Gasteiger partial charge is 0.388 e. The molecule has 0 radical (unpaired) electrons. The van der Waals surface area contributed by atoms with Gasteiger partial charge >= 0.3 is 0 Å². The van der Waals surface area contributed by atoms with Crippen LogP contribution in [0.25, 0.3) is 0 Å². The molecular weight excluding hydrogens is 422 g/mol. The van der Waals surface area contributed by atoms with Crippen LogP contribution in [0.15, 0.2) is 40.9 Å². The van der Waals surface area contributed by atoms with Crippen LogP contribution in [-0.2, 0) is 6.42 Å². The van der Waals surface area contributed by atoms with Crippen molar-refractivity contribution in [1.29, 1.82) is 0 Å². The number of aliphatic hydroxyl groups is 1. The van der Waals surface area contributed by atoms with Gasteiger partial charge in [0.1, 0.15) is 5.82 Å². The summed E-state index contributed by atoms with van der Waals surface area (Å²) in [4.78, 5) is 0. The third-order valence-corrected chi connectivity index (χ3v) is 4.43. The molecule has 0 heterocycles. The number of benzene rings is 2. The molecule has 2 aromatic rings. The predicted octanol–water partition coefficient (Wildman–Crippen LogP) is 4.78. The zero-order valence-corrected chi connectivity index (χ0v) is 14.1. The molecule has 4 heteroatoms. The second-order valence-corrected chi connectivity index (χ2v) is 6.56. The summed E-state index contributed by atoms with van der Waals surface area (Å²) in [6, 6.07) is 10.5. The highest BCUT2D eigenvalue weighted by atomic mass is 127. The Hall–Kier alpha value is -0.460. The fourth-order valence-electron chi connectivity index (χ4n) is 1.98. The van der Waals surface area contributed by atoms with E-state index >= 15 is 0 Å². The van der Waals surface area contributed by atoms with Crippen LogP contribution < -0.4 is 0 Å². The Kier molecular flexibility index (Phi) is 4.97. The van der Waals surface area contributed by atoms with Crippen LogP contribution in [0, 0.1) is 16.3 Å². The van der Waals surface area contributed by atoms with Gasteiger partial charge in [0.25, 0.3) is 0 Å². The molecule has 0 aromatic heterocycles. The average Bonchev–Trinajstić information content (AvgIpc) is 2.35. The molecule has 0 fully saturated rings. The van der Waals surface area contributed by atoms with Gasteiger partial charge in [-0.25, -0.2) is 4.39 Å². The Morgan fingerprint density at radius 2 is 2.00 bits per heavy atom. The lowest BCUT2D eigenvalue weighted by Gasteiger charge is -2.15. The zero-order valence-electron chi connectivity index (χ0n) is 10.3. The number of rotatable bonds is 3. The van der Waals surface area contributed by atoms with Gasteiger partial charge in [-0.05, 0) is 76.5 Å². The fourth-order valence-corrected chi connectivity index (χ4v) is 3.00. The number of hydrogen-bond acceptors (Lipinski definition) is 1. The van der Waals surface area contributed by atoms with E-state index in [-0.39, 0.29) is 5.82 Å². The molecule has 19 heavy (non-hydrogen) atoms. The highest BCUT2D eigenvalue weighted by molar-refractivity contribution is 14.1. The summed E-state index contributed by atoms with van der Waals surface area (Å²) >= 11 is 5.67. The fraction of sp³-hybridized carbons (Fsp3) is 0.200. The summed E-state index contributed by atoms with van der Waals surface area (Å²) in [5.41, 5.74) is 2.68. The lowest BCUT2D eigenvalue weighted by molar-refractivity contribution is 0.177. The van der Waals surface area contributed by atoms with E-state index in [2.05, 4.69) is 38.5 Å². The molecule has 1 nitrogen and oxygen atoms in total. The van der Waals surface area contributed by atoms with E-state index in [9.17, 15) is 9.50 Å². The number of hydrogen-bond donors (Lipinski definition) is 1. The SMILES string of the molecule is Cc1cc(F)ccc1CC(O)c1cc(I)ccc1Br. The quantitative estimate of drug-likeness (QED) is 0.689. The third-order valence-electron chi connectivity index (χ3n) is 3.03. The molecule has 0 saturated carbocycles. The van der Waals surface area contributed by atoms with Gasteiger partial charge in [-0.15, -0.1) is 0 Å². The minimum absolute atomic E-state index is 0.244.